The maximum atomic E-state index is 13.0. The summed E-state index contributed by atoms with van der Waals surface area (Å²) >= 11 is 0. The number of anilines is 2. The van der Waals surface area contributed by atoms with E-state index >= 15 is 0 Å². The first-order valence-electron chi connectivity index (χ1n) is 13.2. The van der Waals surface area contributed by atoms with E-state index in [2.05, 4.69) is 26.8 Å². The van der Waals surface area contributed by atoms with Crippen LogP contribution in [0.1, 0.15) is 66.1 Å². The van der Waals surface area contributed by atoms with Crippen LogP contribution in [0, 0.1) is 6.92 Å². The summed E-state index contributed by atoms with van der Waals surface area (Å²) in [5.74, 6) is -1.08. The standard InChI is InChI=1S/C29H36N6O5/c1-5-8-20(15-21-16-32-26-24(17(21)4)25(30)34-29(31)35-26)18-9-11-19(12-10-18)27(37)33-22(28(38)40-7-3)13-14-23(36)39-6-2/h5,9-12,16,20,22H,1,6-8,13-15H2,2-4H3,(H,33,37)(H4,30,31,32,34,35)/t20?,22-/m0/s1. The second-order valence-corrected chi connectivity index (χ2v) is 9.24. The Kier molecular flexibility index (Phi) is 10.5. The molecule has 0 saturated heterocycles. The Morgan fingerprint density at radius 3 is 2.42 bits per heavy atom. The van der Waals surface area contributed by atoms with Gasteiger partial charge in [-0.15, -0.1) is 6.58 Å². The lowest BCUT2D eigenvalue weighted by Gasteiger charge is -2.19. The van der Waals surface area contributed by atoms with Crippen LogP contribution in [0.25, 0.3) is 11.0 Å². The average Bonchev–Trinajstić information content (AvgIpc) is 2.92. The summed E-state index contributed by atoms with van der Waals surface area (Å²) in [6, 6.07) is 6.19. The second kappa shape index (κ2) is 14.0. The first-order valence-corrected chi connectivity index (χ1v) is 13.2. The molecule has 212 valence electrons. The molecule has 3 rings (SSSR count). The van der Waals surface area contributed by atoms with Crippen molar-refractivity contribution >= 4 is 40.6 Å². The third kappa shape index (κ3) is 7.52. The Bertz CT molecular complexity index is 1380. The van der Waals surface area contributed by atoms with Crippen molar-refractivity contribution in [1.29, 1.82) is 0 Å². The molecule has 1 unspecified atom stereocenters. The highest BCUT2D eigenvalue weighted by Crippen LogP contribution is 2.30. The number of amides is 1. The van der Waals surface area contributed by atoms with E-state index in [0.29, 0.717) is 29.4 Å². The van der Waals surface area contributed by atoms with Crippen molar-refractivity contribution < 1.29 is 23.9 Å². The number of ether oxygens (including phenoxy) is 2. The first kappa shape index (κ1) is 30.0. The number of carbonyl (C=O) groups excluding carboxylic acids is 3. The van der Waals surface area contributed by atoms with Gasteiger partial charge >= 0.3 is 11.9 Å². The van der Waals surface area contributed by atoms with Crippen LogP contribution in [0.2, 0.25) is 0 Å². The van der Waals surface area contributed by atoms with Crippen molar-refractivity contribution in [2.24, 2.45) is 0 Å². The van der Waals surface area contributed by atoms with E-state index in [1.165, 1.54) is 0 Å². The monoisotopic (exact) mass is 548 g/mol. The zero-order valence-electron chi connectivity index (χ0n) is 23.1. The van der Waals surface area contributed by atoms with E-state index in [1.54, 1.807) is 32.2 Å². The quantitative estimate of drug-likeness (QED) is 0.212. The normalized spacial score (nSPS) is 12.4. The number of benzene rings is 1. The van der Waals surface area contributed by atoms with E-state index in [0.717, 1.165) is 16.7 Å². The summed E-state index contributed by atoms with van der Waals surface area (Å²) in [7, 11) is 0. The van der Waals surface area contributed by atoms with Gasteiger partial charge in [0.2, 0.25) is 5.95 Å². The zero-order valence-corrected chi connectivity index (χ0v) is 23.1. The summed E-state index contributed by atoms with van der Waals surface area (Å²) < 4.78 is 10.0. The number of nitrogens with one attached hydrogen (secondary N) is 1. The molecule has 1 amide bonds. The molecule has 3 aromatic rings. The zero-order chi connectivity index (χ0) is 29.2. The molecular formula is C29H36N6O5. The number of fused-ring (bicyclic) bond motifs is 1. The molecule has 2 atom stereocenters. The van der Waals surface area contributed by atoms with Gasteiger partial charge in [0.1, 0.15) is 11.9 Å². The Morgan fingerprint density at radius 1 is 1.07 bits per heavy atom. The molecule has 0 spiro atoms. The van der Waals surface area contributed by atoms with E-state index in [-0.39, 0.29) is 43.7 Å². The number of hydrogen-bond donors (Lipinski definition) is 3. The molecule has 5 N–H and O–H groups in total. The molecule has 0 aliphatic carbocycles. The van der Waals surface area contributed by atoms with Crippen LogP contribution in [-0.2, 0) is 25.5 Å². The molecule has 0 fully saturated rings. The summed E-state index contributed by atoms with van der Waals surface area (Å²) in [5, 5.41) is 3.36. The predicted molar refractivity (Wildman–Crippen MR) is 152 cm³/mol. The number of rotatable bonds is 13. The molecule has 11 heteroatoms. The van der Waals surface area contributed by atoms with Crippen molar-refractivity contribution in [3.63, 3.8) is 0 Å². The minimum Gasteiger partial charge on any atom is -0.466 e. The van der Waals surface area contributed by atoms with Crippen molar-refractivity contribution in [3.05, 3.63) is 65.4 Å². The third-order valence-electron chi connectivity index (χ3n) is 6.52. The van der Waals surface area contributed by atoms with E-state index < -0.39 is 23.9 Å². The number of carbonyl (C=O) groups is 3. The van der Waals surface area contributed by atoms with E-state index in [1.807, 2.05) is 25.1 Å². The van der Waals surface area contributed by atoms with Crippen LogP contribution in [0.15, 0.2) is 43.1 Å². The minimum absolute atomic E-state index is 0.0199. The minimum atomic E-state index is -0.972. The van der Waals surface area contributed by atoms with Gasteiger partial charge in [0.05, 0.1) is 18.6 Å². The van der Waals surface area contributed by atoms with Gasteiger partial charge in [-0.25, -0.2) is 9.78 Å². The Labute approximate surface area is 233 Å². The van der Waals surface area contributed by atoms with Gasteiger partial charge in [-0.1, -0.05) is 18.2 Å². The van der Waals surface area contributed by atoms with Gasteiger partial charge in [-0.05, 0) is 74.8 Å². The lowest BCUT2D eigenvalue weighted by molar-refractivity contribution is -0.146. The van der Waals surface area contributed by atoms with Crippen LogP contribution in [0.4, 0.5) is 11.8 Å². The molecule has 0 saturated carbocycles. The highest BCUT2D eigenvalue weighted by molar-refractivity contribution is 5.97. The molecule has 0 bridgehead atoms. The Hall–Kier alpha value is -4.54. The smallest absolute Gasteiger partial charge is 0.328 e. The van der Waals surface area contributed by atoms with Crippen LogP contribution >= 0.6 is 0 Å². The number of nitrogens with zero attached hydrogens (tertiary/aromatic N) is 3. The molecule has 2 heterocycles. The SMILES string of the molecule is C=CCC(Cc1cnc2nc(N)nc(N)c2c1C)c1ccc(C(=O)N[C@@H](CCC(=O)OCC)C(=O)OCC)cc1. The largest absolute Gasteiger partial charge is 0.466 e. The van der Waals surface area contributed by atoms with E-state index in [9.17, 15) is 14.4 Å². The molecule has 0 aliphatic heterocycles. The fourth-order valence-electron chi connectivity index (χ4n) is 4.48. The predicted octanol–water partition coefficient (Wildman–Crippen LogP) is 3.40. The van der Waals surface area contributed by atoms with Gasteiger partial charge < -0.3 is 26.3 Å². The molecule has 11 nitrogen and oxygen atoms in total. The maximum Gasteiger partial charge on any atom is 0.328 e. The average molecular weight is 549 g/mol. The van der Waals surface area contributed by atoms with Crippen molar-refractivity contribution in [3.8, 4) is 0 Å². The Morgan fingerprint density at radius 2 is 1.77 bits per heavy atom. The maximum absolute atomic E-state index is 13.0. The van der Waals surface area contributed by atoms with Crippen LogP contribution < -0.4 is 16.8 Å². The van der Waals surface area contributed by atoms with Crippen LogP contribution in [0.3, 0.4) is 0 Å². The van der Waals surface area contributed by atoms with Gasteiger partial charge in [0.25, 0.3) is 5.91 Å². The van der Waals surface area contributed by atoms with Crippen molar-refractivity contribution in [2.75, 3.05) is 24.7 Å². The molecule has 1 aromatic carbocycles. The first-order chi connectivity index (χ1) is 19.2. The number of nitrogens with two attached hydrogens (primary N) is 2. The molecule has 2 aromatic heterocycles. The fourth-order valence-corrected chi connectivity index (χ4v) is 4.48. The number of pyridine rings is 1. The van der Waals surface area contributed by atoms with Gasteiger partial charge in [-0.3, -0.25) is 9.59 Å². The Balaban J connectivity index is 1.77. The lowest BCUT2D eigenvalue weighted by Crippen LogP contribution is -2.42. The molecular weight excluding hydrogens is 512 g/mol. The molecule has 40 heavy (non-hydrogen) atoms. The number of hydrogen-bond acceptors (Lipinski definition) is 10. The number of aryl methyl sites for hydroxylation is 1. The molecule has 0 radical (unpaired) electrons. The van der Waals surface area contributed by atoms with E-state index in [4.69, 9.17) is 20.9 Å². The highest BCUT2D eigenvalue weighted by atomic mass is 16.5. The fraction of sp³-hybridized carbons (Fsp3) is 0.379. The van der Waals surface area contributed by atoms with Gasteiger partial charge in [-0.2, -0.15) is 9.97 Å². The number of esters is 2. The van der Waals surface area contributed by atoms with Gasteiger partial charge in [0.15, 0.2) is 5.65 Å². The number of allylic oxidation sites excluding steroid dienone is 1. The summed E-state index contributed by atoms with van der Waals surface area (Å²) in [5.41, 5.74) is 15.6. The number of nitrogen functional groups attached to an aromatic ring is 2. The highest BCUT2D eigenvalue weighted by Gasteiger charge is 2.24. The lowest BCUT2D eigenvalue weighted by atomic mass is 9.87. The topological polar surface area (TPSA) is 172 Å². The summed E-state index contributed by atoms with van der Waals surface area (Å²) in [6.45, 7) is 9.63. The van der Waals surface area contributed by atoms with Crippen molar-refractivity contribution in [2.45, 2.75) is 58.4 Å². The molecule has 0 aliphatic rings. The van der Waals surface area contributed by atoms with Gasteiger partial charge in [0, 0.05) is 18.2 Å². The third-order valence-corrected chi connectivity index (χ3v) is 6.52. The number of aromatic nitrogens is 3. The summed E-state index contributed by atoms with van der Waals surface area (Å²) in [4.78, 5) is 49.8. The van der Waals surface area contributed by atoms with Crippen LogP contribution in [0.5, 0.6) is 0 Å². The second-order valence-electron chi connectivity index (χ2n) is 9.24. The van der Waals surface area contributed by atoms with Crippen LogP contribution in [-0.4, -0.2) is 52.1 Å². The summed E-state index contributed by atoms with van der Waals surface area (Å²) in [6.07, 6.45) is 5.01. The van der Waals surface area contributed by atoms with Crippen molar-refractivity contribution in [1.82, 2.24) is 20.3 Å².